The van der Waals surface area contributed by atoms with E-state index < -0.39 is 0 Å². The van der Waals surface area contributed by atoms with Gasteiger partial charge in [-0.25, -0.2) is 4.98 Å². The Morgan fingerprint density at radius 1 is 1.35 bits per heavy atom. The van der Waals surface area contributed by atoms with Gasteiger partial charge in [-0.15, -0.1) is 11.3 Å². The highest BCUT2D eigenvalue weighted by Gasteiger charge is 2.17. The number of halogens is 1. The molecule has 0 fully saturated rings. The monoisotopic (exact) mass is 352 g/mol. The predicted octanol–water partition coefficient (Wildman–Crippen LogP) is 4.90. The molecule has 20 heavy (non-hydrogen) atoms. The van der Waals surface area contributed by atoms with Gasteiger partial charge in [-0.05, 0) is 31.5 Å². The molecule has 1 N–H and O–H groups in total. The van der Waals surface area contributed by atoms with Gasteiger partial charge in [0.25, 0.3) is 5.91 Å². The standard InChI is InChI=1S/C15H17BrN2OS/c1-8(2)15-17-10(4)13(20-15)14(19)18-12-7-11(16)6-5-9(12)3/h5-8H,1-4H3,(H,18,19). The Kier molecular flexibility index (Phi) is 4.60. The van der Waals surface area contributed by atoms with E-state index in [0.717, 1.165) is 26.4 Å². The highest BCUT2D eigenvalue weighted by Crippen LogP contribution is 2.26. The molecule has 0 saturated carbocycles. The molecule has 0 aliphatic rings. The third-order valence-electron chi connectivity index (χ3n) is 2.96. The summed E-state index contributed by atoms with van der Waals surface area (Å²) in [4.78, 5) is 17.5. The first-order chi connectivity index (χ1) is 9.38. The molecular formula is C15H17BrN2OS. The number of nitrogens with one attached hydrogen (secondary N) is 1. The van der Waals surface area contributed by atoms with E-state index in [4.69, 9.17) is 0 Å². The quantitative estimate of drug-likeness (QED) is 0.853. The van der Waals surface area contributed by atoms with Crippen LogP contribution >= 0.6 is 27.3 Å². The predicted molar refractivity (Wildman–Crippen MR) is 87.8 cm³/mol. The maximum Gasteiger partial charge on any atom is 0.267 e. The Labute approximate surface area is 131 Å². The number of aryl methyl sites for hydroxylation is 2. The Morgan fingerprint density at radius 3 is 2.65 bits per heavy atom. The Morgan fingerprint density at radius 2 is 2.05 bits per heavy atom. The van der Waals surface area contributed by atoms with Crippen molar-refractivity contribution in [3.8, 4) is 0 Å². The average molecular weight is 353 g/mol. The molecule has 0 aliphatic heterocycles. The minimum atomic E-state index is -0.0897. The van der Waals surface area contributed by atoms with Gasteiger partial charge in [-0.2, -0.15) is 0 Å². The fourth-order valence-corrected chi connectivity index (χ4v) is 3.11. The second-order valence-corrected chi connectivity index (χ2v) is 6.98. The molecule has 2 rings (SSSR count). The van der Waals surface area contributed by atoms with Gasteiger partial charge in [-0.3, -0.25) is 4.79 Å². The molecule has 0 radical (unpaired) electrons. The molecule has 3 nitrogen and oxygen atoms in total. The number of amides is 1. The molecule has 2 aromatic rings. The van der Waals surface area contributed by atoms with Crippen LogP contribution in [0.1, 0.15) is 45.7 Å². The van der Waals surface area contributed by atoms with Gasteiger partial charge in [0, 0.05) is 16.1 Å². The van der Waals surface area contributed by atoms with Crippen LogP contribution in [0.4, 0.5) is 5.69 Å². The Balaban J connectivity index is 2.26. The molecule has 0 spiro atoms. The van der Waals surface area contributed by atoms with Gasteiger partial charge in [0.05, 0.1) is 10.7 Å². The second kappa shape index (κ2) is 6.06. The summed E-state index contributed by atoms with van der Waals surface area (Å²) in [6.45, 7) is 8.02. The third kappa shape index (κ3) is 3.27. The fraction of sp³-hybridized carbons (Fsp3) is 0.333. The lowest BCUT2D eigenvalue weighted by atomic mass is 10.2. The van der Waals surface area contributed by atoms with E-state index in [1.165, 1.54) is 11.3 Å². The summed E-state index contributed by atoms with van der Waals surface area (Å²) in [7, 11) is 0. The van der Waals surface area contributed by atoms with Gasteiger partial charge in [0.1, 0.15) is 4.88 Å². The molecule has 1 aromatic heterocycles. The van der Waals surface area contributed by atoms with E-state index in [1.54, 1.807) is 0 Å². The van der Waals surface area contributed by atoms with Gasteiger partial charge in [0.15, 0.2) is 0 Å². The number of anilines is 1. The zero-order chi connectivity index (χ0) is 14.9. The van der Waals surface area contributed by atoms with Crippen LogP contribution in [0.5, 0.6) is 0 Å². The molecule has 1 heterocycles. The number of benzene rings is 1. The molecule has 5 heteroatoms. The Bertz CT molecular complexity index is 649. The summed E-state index contributed by atoms with van der Waals surface area (Å²) >= 11 is 4.89. The molecule has 106 valence electrons. The topological polar surface area (TPSA) is 42.0 Å². The van der Waals surface area contributed by atoms with Crippen molar-refractivity contribution in [3.05, 3.63) is 43.8 Å². The first-order valence-corrected chi connectivity index (χ1v) is 8.04. The van der Waals surface area contributed by atoms with Crippen molar-refractivity contribution in [3.63, 3.8) is 0 Å². The Hall–Kier alpha value is -1.20. The maximum absolute atomic E-state index is 12.4. The van der Waals surface area contributed by atoms with Crippen molar-refractivity contribution in [2.45, 2.75) is 33.6 Å². The van der Waals surface area contributed by atoms with Gasteiger partial charge in [-0.1, -0.05) is 35.8 Å². The highest BCUT2D eigenvalue weighted by atomic mass is 79.9. The van der Waals surface area contributed by atoms with Gasteiger partial charge in [0.2, 0.25) is 0 Å². The smallest absolute Gasteiger partial charge is 0.267 e. The van der Waals surface area contributed by atoms with Crippen LogP contribution in [0.25, 0.3) is 0 Å². The van der Waals surface area contributed by atoms with Crippen molar-refractivity contribution in [1.29, 1.82) is 0 Å². The van der Waals surface area contributed by atoms with Crippen LogP contribution in [0.2, 0.25) is 0 Å². The molecular weight excluding hydrogens is 336 g/mol. The van der Waals surface area contributed by atoms with E-state index in [9.17, 15) is 4.79 Å². The summed E-state index contributed by atoms with van der Waals surface area (Å²) in [5.74, 6) is 0.251. The van der Waals surface area contributed by atoms with Crippen LogP contribution in [0, 0.1) is 13.8 Å². The summed E-state index contributed by atoms with van der Waals surface area (Å²) in [5.41, 5.74) is 2.65. The van der Waals surface area contributed by atoms with Crippen molar-refractivity contribution < 1.29 is 4.79 Å². The number of aromatic nitrogens is 1. The molecule has 0 atom stereocenters. The highest BCUT2D eigenvalue weighted by molar-refractivity contribution is 9.10. The number of carbonyl (C=O) groups excluding carboxylic acids is 1. The maximum atomic E-state index is 12.4. The van der Waals surface area contributed by atoms with E-state index in [2.05, 4.69) is 40.1 Å². The summed E-state index contributed by atoms with van der Waals surface area (Å²) in [6.07, 6.45) is 0. The van der Waals surface area contributed by atoms with Crippen molar-refractivity contribution >= 4 is 38.9 Å². The van der Waals surface area contributed by atoms with Crippen molar-refractivity contribution in [2.24, 2.45) is 0 Å². The number of carbonyl (C=O) groups is 1. The lowest BCUT2D eigenvalue weighted by molar-refractivity contribution is 0.102. The first kappa shape index (κ1) is 15.2. The van der Waals surface area contributed by atoms with Gasteiger partial charge >= 0.3 is 0 Å². The number of rotatable bonds is 3. The minimum Gasteiger partial charge on any atom is -0.321 e. The molecule has 1 aromatic carbocycles. The lowest BCUT2D eigenvalue weighted by Crippen LogP contribution is -2.12. The van der Waals surface area contributed by atoms with E-state index in [0.29, 0.717) is 10.8 Å². The SMILES string of the molecule is Cc1ccc(Br)cc1NC(=O)c1sc(C(C)C)nc1C. The fourth-order valence-electron chi connectivity index (χ4n) is 1.78. The molecule has 0 aliphatic carbocycles. The van der Waals surface area contributed by atoms with Crippen LogP contribution in [-0.4, -0.2) is 10.9 Å². The molecule has 1 amide bonds. The number of thiazole rings is 1. The largest absolute Gasteiger partial charge is 0.321 e. The van der Waals surface area contributed by atoms with E-state index >= 15 is 0 Å². The van der Waals surface area contributed by atoms with Crippen molar-refractivity contribution in [2.75, 3.05) is 5.32 Å². The van der Waals surface area contributed by atoms with Crippen molar-refractivity contribution in [1.82, 2.24) is 4.98 Å². The van der Waals surface area contributed by atoms with E-state index in [-0.39, 0.29) is 5.91 Å². The van der Waals surface area contributed by atoms with E-state index in [1.807, 2.05) is 32.0 Å². The van der Waals surface area contributed by atoms with Crippen LogP contribution in [0.3, 0.4) is 0 Å². The molecule has 0 saturated heterocycles. The summed E-state index contributed by atoms with van der Waals surface area (Å²) < 4.78 is 0.947. The zero-order valence-electron chi connectivity index (χ0n) is 12.0. The van der Waals surface area contributed by atoms with Gasteiger partial charge < -0.3 is 5.32 Å². The first-order valence-electron chi connectivity index (χ1n) is 6.43. The number of hydrogen-bond acceptors (Lipinski definition) is 3. The average Bonchev–Trinajstić information content (AvgIpc) is 2.76. The lowest BCUT2D eigenvalue weighted by Gasteiger charge is -2.08. The number of nitrogens with zero attached hydrogens (tertiary/aromatic N) is 1. The number of hydrogen-bond donors (Lipinski definition) is 1. The molecule has 0 bridgehead atoms. The summed E-state index contributed by atoms with van der Waals surface area (Å²) in [5, 5.41) is 3.96. The van der Waals surface area contributed by atoms with Crippen LogP contribution < -0.4 is 5.32 Å². The molecule has 0 unspecified atom stereocenters. The van der Waals surface area contributed by atoms with Crippen LogP contribution in [-0.2, 0) is 0 Å². The zero-order valence-corrected chi connectivity index (χ0v) is 14.4. The third-order valence-corrected chi connectivity index (χ3v) is 4.91. The second-order valence-electron chi connectivity index (χ2n) is 5.03. The normalized spacial score (nSPS) is 10.9. The van der Waals surface area contributed by atoms with Crippen LogP contribution in [0.15, 0.2) is 22.7 Å². The minimum absolute atomic E-state index is 0.0897. The summed E-state index contributed by atoms with van der Waals surface area (Å²) in [6, 6.07) is 5.84.